The van der Waals surface area contributed by atoms with Gasteiger partial charge in [0.15, 0.2) is 11.5 Å². The van der Waals surface area contributed by atoms with E-state index in [0.29, 0.717) is 5.82 Å². The molecule has 0 unspecified atom stereocenters. The molecule has 5 N–H and O–H groups in total. The van der Waals surface area contributed by atoms with Gasteiger partial charge in [-0.1, -0.05) is 33.1 Å². The fourth-order valence-electron chi connectivity index (χ4n) is 3.85. The Labute approximate surface area is 200 Å². The molecule has 0 atom stereocenters. The number of nitrogens with two attached hydrogens (primary N) is 2. The fourth-order valence-corrected chi connectivity index (χ4v) is 4.51. The number of carbonyl (C=O) groups is 2. The third kappa shape index (κ3) is 8.27. The zero-order valence-electron chi connectivity index (χ0n) is 20.0. The zero-order chi connectivity index (χ0) is 24.2. The molecule has 2 amide bonds. The number of primary amides is 2. The molecule has 10 heteroatoms. The maximum Gasteiger partial charge on any atom is 0.271 e. The highest BCUT2D eigenvalue weighted by Gasteiger charge is 2.19. The molecule has 0 aromatic carbocycles. The first kappa shape index (κ1) is 26.5. The predicted molar refractivity (Wildman–Crippen MR) is 134 cm³/mol. The van der Waals surface area contributed by atoms with Crippen LogP contribution in [0.25, 0.3) is 0 Å². The highest BCUT2D eigenvalue weighted by atomic mass is 32.1. The van der Waals surface area contributed by atoms with Crippen molar-refractivity contribution in [3.05, 3.63) is 23.7 Å². The number of carbonyl (C=O) groups excluding carboxylic acids is 2. The number of aryl methyl sites for hydroxylation is 1. The minimum atomic E-state index is -0.596. The number of rotatable bonds is 5. The number of hydrogen-bond acceptors (Lipinski definition) is 8. The first-order valence-electron chi connectivity index (χ1n) is 11.9. The summed E-state index contributed by atoms with van der Waals surface area (Å²) in [5, 5.41) is 3.92. The molecule has 0 bridgehead atoms. The molecule has 4 rings (SSSR count). The van der Waals surface area contributed by atoms with E-state index in [1.807, 2.05) is 26.8 Å². The van der Waals surface area contributed by atoms with E-state index in [9.17, 15) is 9.59 Å². The van der Waals surface area contributed by atoms with Gasteiger partial charge in [0.25, 0.3) is 5.91 Å². The first-order chi connectivity index (χ1) is 15.9. The van der Waals surface area contributed by atoms with Crippen molar-refractivity contribution < 1.29 is 9.59 Å². The SMILES string of the molecule is CC.Cc1cc(Nc2nc(N3CCCCC3)cnc2C(N)=O)sn1.NC(=O)C1CCCCC1. The lowest BCUT2D eigenvalue weighted by atomic mass is 9.89. The standard InChI is InChI=1S/C14H18N6OS.C7H13NO.C2H6/c1-9-7-11(22-19-9)18-14-12(13(15)21)16-8-10(17-14)20-5-3-2-4-6-20;8-7(9)6-4-2-1-3-5-6;1-2/h7-8H,2-6H2,1H3,(H2,15,21)(H,17,18);6H,1-5H2,(H2,8,9);1-2H3. The van der Waals surface area contributed by atoms with E-state index in [1.54, 1.807) is 6.20 Å². The number of nitrogens with one attached hydrogen (secondary N) is 1. The lowest BCUT2D eigenvalue weighted by Gasteiger charge is -2.27. The number of amides is 2. The van der Waals surface area contributed by atoms with Crippen LogP contribution < -0.4 is 21.7 Å². The van der Waals surface area contributed by atoms with Crippen LogP contribution in [0.1, 0.15) is 81.4 Å². The van der Waals surface area contributed by atoms with Crippen molar-refractivity contribution >= 4 is 40.0 Å². The van der Waals surface area contributed by atoms with Gasteiger partial charge in [-0.15, -0.1) is 0 Å². The van der Waals surface area contributed by atoms with Gasteiger partial charge in [-0.2, -0.15) is 4.37 Å². The summed E-state index contributed by atoms with van der Waals surface area (Å²) in [6.07, 6.45) is 10.9. The molecule has 33 heavy (non-hydrogen) atoms. The molecule has 1 aliphatic heterocycles. The Bertz CT molecular complexity index is 891. The Morgan fingerprint density at radius 3 is 2.21 bits per heavy atom. The molecule has 2 aromatic heterocycles. The second kappa shape index (κ2) is 13.7. The Hall–Kier alpha value is -2.75. The van der Waals surface area contributed by atoms with E-state index in [0.717, 1.165) is 55.3 Å². The lowest BCUT2D eigenvalue weighted by molar-refractivity contribution is -0.122. The van der Waals surface area contributed by atoms with E-state index in [1.165, 1.54) is 37.2 Å². The number of piperidine rings is 1. The summed E-state index contributed by atoms with van der Waals surface area (Å²) in [4.78, 5) is 33.1. The Kier molecular flexibility index (Phi) is 11.0. The summed E-state index contributed by atoms with van der Waals surface area (Å²) >= 11 is 1.31. The van der Waals surface area contributed by atoms with E-state index in [2.05, 4.69) is 24.6 Å². The van der Waals surface area contributed by atoms with Crippen molar-refractivity contribution in [2.24, 2.45) is 17.4 Å². The minimum Gasteiger partial charge on any atom is -0.369 e. The van der Waals surface area contributed by atoms with Crippen LogP contribution in [0.2, 0.25) is 0 Å². The van der Waals surface area contributed by atoms with Gasteiger partial charge in [-0.05, 0) is 56.6 Å². The van der Waals surface area contributed by atoms with Gasteiger partial charge >= 0.3 is 0 Å². The van der Waals surface area contributed by atoms with Gasteiger partial charge in [0.1, 0.15) is 10.8 Å². The highest BCUT2D eigenvalue weighted by molar-refractivity contribution is 7.10. The molecule has 2 aliphatic rings. The highest BCUT2D eigenvalue weighted by Crippen LogP contribution is 2.25. The van der Waals surface area contributed by atoms with Gasteiger partial charge in [-0.3, -0.25) is 9.59 Å². The van der Waals surface area contributed by atoms with Gasteiger partial charge in [0.05, 0.1) is 11.9 Å². The van der Waals surface area contributed by atoms with Gasteiger partial charge in [-0.25, -0.2) is 9.97 Å². The third-order valence-corrected chi connectivity index (χ3v) is 6.35. The van der Waals surface area contributed by atoms with Crippen molar-refractivity contribution in [2.45, 2.75) is 72.1 Å². The summed E-state index contributed by atoms with van der Waals surface area (Å²) in [5.41, 5.74) is 11.6. The van der Waals surface area contributed by atoms with Gasteiger partial charge in [0.2, 0.25) is 5.91 Å². The molecule has 0 radical (unpaired) electrons. The Morgan fingerprint density at radius 1 is 1.06 bits per heavy atom. The number of anilines is 3. The topological polar surface area (TPSA) is 140 Å². The monoisotopic (exact) mass is 475 g/mol. The molecule has 1 aliphatic carbocycles. The van der Waals surface area contributed by atoms with Crippen LogP contribution in [-0.2, 0) is 4.79 Å². The van der Waals surface area contributed by atoms with E-state index < -0.39 is 5.91 Å². The molecule has 182 valence electrons. The molecular weight excluding hydrogens is 438 g/mol. The third-order valence-electron chi connectivity index (χ3n) is 5.55. The molecule has 1 saturated carbocycles. The van der Waals surface area contributed by atoms with Crippen LogP contribution in [0.4, 0.5) is 16.6 Å². The van der Waals surface area contributed by atoms with E-state index in [4.69, 9.17) is 11.5 Å². The average Bonchev–Trinajstić information content (AvgIpc) is 3.26. The summed E-state index contributed by atoms with van der Waals surface area (Å²) in [6.45, 7) is 7.83. The summed E-state index contributed by atoms with van der Waals surface area (Å²) in [5.74, 6) is 0.655. The average molecular weight is 476 g/mol. The molecular formula is C23H37N7O2S. The Balaban J connectivity index is 0.000000293. The Morgan fingerprint density at radius 2 is 1.70 bits per heavy atom. The van der Waals surface area contributed by atoms with Crippen molar-refractivity contribution in [3.8, 4) is 0 Å². The van der Waals surface area contributed by atoms with E-state index >= 15 is 0 Å². The predicted octanol–water partition coefficient (Wildman–Crippen LogP) is 4.15. The summed E-state index contributed by atoms with van der Waals surface area (Å²) < 4.78 is 4.20. The molecule has 9 nitrogen and oxygen atoms in total. The fraction of sp³-hybridized carbons (Fsp3) is 0.609. The van der Waals surface area contributed by atoms with E-state index in [-0.39, 0.29) is 17.5 Å². The summed E-state index contributed by atoms with van der Waals surface area (Å²) in [6, 6.07) is 1.89. The second-order valence-electron chi connectivity index (χ2n) is 8.03. The van der Waals surface area contributed by atoms with Crippen molar-refractivity contribution in [2.75, 3.05) is 23.3 Å². The molecule has 2 aromatic rings. The minimum absolute atomic E-state index is 0.102. The zero-order valence-corrected chi connectivity index (χ0v) is 20.8. The molecule has 3 heterocycles. The quantitative estimate of drug-likeness (QED) is 0.590. The van der Waals surface area contributed by atoms with Crippen LogP contribution in [0.5, 0.6) is 0 Å². The van der Waals surface area contributed by atoms with Crippen molar-refractivity contribution in [1.82, 2.24) is 14.3 Å². The number of nitrogens with zero attached hydrogens (tertiary/aromatic N) is 4. The van der Waals surface area contributed by atoms with Crippen molar-refractivity contribution in [3.63, 3.8) is 0 Å². The number of aromatic nitrogens is 3. The van der Waals surface area contributed by atoms with Gasteiger partial charge < -0.3 is 21.7 Å². The smallest absolute Gasteiger partial charge is 0.271 e. The lowest BCUT2D eigenvalue weighted by Crippen LogP contribution is -2.30. The molecule has 1 saturated heterocycles. The van der Waals surface area contributed by atoms with Crippen LogP contribution in [0.3, 0.4) is 0 Å². The normalized spacial score (nSPS) is 16.0. The molecule has 0 spiro atoms. The van der Waals surface area contributed by atoms with Crippen LogP contribution >= 0.6 is 11.5 Å². The van der Waals surface area contributed by atoms with Crippen LogP contribution in [-0.4, -0.2) is 39.2 Å². The van der Waals surface area contributed by atoms with Crippen molar-refractivity contribution in [1.29, 1.82) is 0 Å². The maximum absolute atomic E-state index is 11.6. The summed E-state index contributed by atoms with van der Waals surface area (Å²) in [7, 11) is 0. The van der Waals surface area contributed by atoms with Crippen LogP contribution in [0.15, 0.2) is 12.3 Å². The number of hydrogen-bond donors (Lipinski definition) is 3. The maximum atomic E-state index is 11.6. The second-order valence-corrected chi connectivity index (χ2v) is 8.84. The van der Waals surface area contributed by atoms with Gasteiger partial charge in [0, 0.05) is 19.0 Å². The largest absolute Gasteiger partial charge is 0.369 e. The molecule has 2 fully saturated rings. The van der Waals surface area contributed by atoms with Crippen LogP contribution in [0, 0.1) is 12.8 Å². The first-order valence-corrected chi connectivity index (χ1v) is 12.6.